The summed E-state index contributed by atoms with van der Waals surface area (Å²) in [6.45, 7) is 1.68. The third-order valence-corrected chi connectivity index (χ3v) is 4.21. The summed E-state index contributed by atoms with van der Waals surface area (Å²) in [5.41, 5.74) is 0.787. The molecule has 1 N–H and O–H groups in total. The van der Waals surface area contributed by atoms with Gasteiger partial charge in [0.15, 0.2) is 11.6 Å². The zero-order chi connectivity index (χ0) is 14.0. The van der Waals surface area contributed by atoms with Crippen molar-refractivity contribution in [2.75, 3.05) is 0 Å². The van der Waals surface area contributed by atoms with E-state index >= 15 is 0 Å². The van der Waals surface area contributed by atoms with Gasteiger partial charge in [-0.25, -0.2) is 8.78 Å². The number of rotatable bonds is 3. The summed E-state index contributed by atoms with van der Waals surface area (Å²) in [5, 5.41) is 9.52. The van der Waals surface area contributed by atoms with Crippen LogP contribution in [-0.4, -0.2) is 5.11 Å². The maximum absolute atomic E-state index is 13.1. The van der Waals surface area contributed by atoms with Gasteiger partial charge in [-0.2, -0.15) is 0 Å². The van der Waals surface area contributed by atoms with Crippen molar-refractivity contribution in [3.63, 3.8) is 0 Å². The van der Waals surface area contributed by atoms with E-state index in [1.165, 1.54) is 17.8 Å². The maximum Gasteiger partial charge on any atom is 0.159 e. The minimum Gasteiger partial charge on any atom is -0.389 e. The lowest BCUT2D eigenvalue weighted by Crippen LogP contribution is -1.92. The van der Waals surface area contributed by atoms with Gasteiger partial charge in [0, 0.05) is 14.3 Å². The van der Waals surface area contributed by atoms with Crippen molar-refractivity contribution in [2.45, 2.75) is 22.8 Å². The minimum atomic E-state index is -0.857. The number of aliphatic hydroxyl groups is 1. The normalized spacial score (nSPS) is 12.5. The Hall–Kier alpha value is -0.910. The van der Waals surface area contributed by atoms with E-state index in [0.29, 0.717) is 4.90 Å². The van der Waals surface area contributed by atoms with Gasteiger partial charge in [-0.15, -0.1) is 0 Å². The van der Waals surface area contributed by atoms with Gasteiger partial charge in [-0.05, 0) is 42.8 Å². The largest absolute Gasteiger partial charge is 0.389 e. The molecule has 0 fully saturated rings. The van der Waals surface area contributed by atoms with Crippen LogP contribution in [0.3, 0.4) is 0 Å². The highest BCUT2D eigenvalue weighted by molar-refractivity contribution is 9.10. The monoisotopic (exact) mass is 344 g/mol. The predicted octanol–water partition coefficient (Wildman–Crippen LogP) is 4.93. The van der Waals surface area contributed by atoms with Crippen LogP contribution in [0.25, 0.3) is 0 Å². The van der Waals surface area contributed by atoms with Gasteiger partial charge in [0.1, 0.15) is 0 Å². The van der Waals surface area contributed by atoms with Crippen LogP contribution in [0.1, 0.15) is 18.6 Å². The van der Waals surface area contributed by atoms with E-state index in [4.69, 9.17) is 0 Å². The Bertz CT molecular complexity index is 602. The molecule has 0 aliphatic heterocycles. The Morgan fingerprint density at radius 3 is 2.26 bits per heavy atom. The Morgan fingerprint density at radius 2 is 1.68 bits per heavy atom. The van der Waals surface area contributed by atoms with Crippen LogP contribution in [0.4, 0.5) is 8.78 Å². The first-order valence-corrected chi connectivity index (χ1v) is 7.18. The third kappa shape index (κ3) is 3.55. The lowest BCUT2D eigenvalue weighted by atomic mass is 10.1. The van der Waals surface area contributed by atoms with Crippen molar-refractivity contribution in [1.29, 1.82) is 0 Å². The molecule has 0 unspecified atom stereocenters. The lowest BCUT2D eigenvalue weighted by molar-refractivity contribution is 0.198. The van der Waals surface area contributed by atoms with Gasteiger partial charge in [0.05, 0.1) is 6.10 Å². The van der Waals surface area contributed by atoms with Crippen LogP contribution in [0.5, 0.6) is 0 Å². The number of hydrogen-bond donors (Lipinski definition) is 1. The fourth-order valence-corrected chi connectivity index (χ4v) is 3.33. The molecule has 0 radical (unpaired) electrons. The highest BCUT2D eigenvalue weighted by Crippen LogP contribution is 2.33. The summed E-state index contributed by atoms with van der Waals surface area (Å²) in [7, 11) is 0. The first-order chi connectivity index (χ1) is 8.97. The van der Waals surface area contributed by atoms with E-state index in [2.05, 4.69) is 15.9 Å². The number of halogens is 3. The van der Waals surface area contributed by atoms with Gasteiger partial charge in [-0.3, -0.25) is 0 Å². The quantitative estimate of drug-likeness (QED) is 0.851. The Morgan fingerprint density at radius 1 is 1.05 bits per heavy atom. The standard InChI is InChI=1S/C14H11BrF2OS/c1-8(18)11-4-2-9(6-12(11)15)19-10-3-5-13(16)14(17)7-10/h2-8,18H,1H3/t8-/m0/s1. The predicted molar refractivity (Wildman–Crippen MR) is 75.3 cm³/mol. The van der Waals surface area contributed by atoms with Crippen molar-refractivity contribution in [3.05, 3.63) is 58.1 Å². The summed E-state index contributed by atoms with van der Waals surface area (Å²) in [4.78, 5) is 1.50. The van der Waals surface area contributed by atoms with Crippen molar-refractivity contribution in [2.24, 2.45) is 0 Å². The summed E-state index contributed by atoms with van der Waals surface area (Å²) in [5.74, 6) is -1.71. The van der Waals surface area contributed by atoms with Crippen LogP contribution in [0, 0.1) is 11.6 Å². The second-order valence-corrected chi connectivity index (χ2v) is 6.04. The Balaban J connectivity index is 2.24. The molecule has 1 nitrogen and oxygen atoms in total. The van der Waals surface area contributed by atoms with Gasteiger partial charge in [-0.1, -0.05) is 33.8 Å². The molecule has 1 atom stereocenters. The molecule has 19 heavy (non-hydrogen) atoms. The van der Waals surface area contributed by atoms with Crippen molar-refractivity contribution >= 4 is 27.7 Å². The van der Waals surface area contributed by atoms with Crippen molar-refractivity contribution in [1.82, 2.24) is 0 Å². The summed E-state index contributed by atoms with van der Waals surface area (Å²) in [6, 6.07) is 9.27. The zero-order valence-electron chi connectivity index (χ0n) is 10.0. The number of hydrogen-bond acceptors (Lipinski definition) is 2. The molecule has 5 heteroatoms. The molecule has 2 aromatic carbocycles. The zero-order valence-corrected chi connectivity index (χ0v) is 12.4. The van der Waals surface area contributed by atoms with Crippen LogP contribution in [0.2, 0.25) is 0 Å². The molecule has 0 bridgehead atoms. The topological polar surface area (TPSA) is 20.2 Å². The number of aliphatic hydroxyl groups excluding tert-OH is 1. The molecule has 0 aliphatic carbocycles. The van der Waals surface area contributed by atoms with E-state index in [9.17, 15) is 13.9 Å². The van der Waals surface area contributed by atoms with E-state index in [0.717, 1.165) is 27.1 Å². The van der Waals surface area contributed by atoms with Crippen LogP contribution in [-0.2, 0) is 0 Å². The van der Waals surface area contributed by atoms with E-state index in [-0.39, 0.29) is 0 Å². The van der Waals surface area contributed by atoms with Crippen molar-refractivity contribution < 1.29 is 13.9 Å². The second-order valence-electron chi connectivity index (χ2n) is 4.04. The summed E-state index contributed by atoms with van der Waals surface area (Å²) >= 11 is 4.71. The van der Waals surface area contributed by atoms with Gasteiger partial charge in [0.2, 0.25) is 0 Å². The highest BCUT2D eigenvalue weighted by Gasteiger charge is 2.08. The fourth-order valence-electron chi connectivity index (χ4n) is 1.59. The summed E-state index contributed by atoms with van der Waals surface area (Å²) < 4.78 is 26.7. The molecule has 0 aromatic heterocycles. The van der Waals surface area contributed by atoms with Gasteiger partial charge < -0.3 is 5.11 Å². The van der Waals surface area contributed by atoms with E-state index in [1.54, 1.807) is 13.0 Å². The molecule has 0 heterocycles. The summed E-state index contributed by atoms with van der Waals surface area (Å²) in [6.07, 6.45) is -0.559. The molecule has 100 valence electrons. The lowest BCUT2D eigenvalue weighted by Gasteiger charge is -2.09. The Kier molecular flexibility index (Phi) is 4.60. The van der Waals surface area contributed by atoms with E-state index in [1.807, 2.05) is 12.1 Å². The Labute approximate surface area is 122 Å². The van der Waals surface area contributed by atoms with Crippen LogP contribution < -0.4 is 0 Å². The molecule has 0 saturated heterocycles. The molecular weight excluding hydrogens is 334 g/mol. The molecule has 2 rings (SSSR count). The minimum absolute atomic E-state index is 0.559. The molecular formula is C14H11BrF2OS. The maximum atomic E-state index is 13.1. The highest BCUT2D eigenvalue weighted by atomic mass is 79.9. The third-order valence-electron chi connectivity index (χ3n) is 2.55. The average molecular weight is 345 g/mol. The first kappa shape index (κ1) is 14.5. The van der Waals surface area contributed by atoms with Crippen LogP contribution >= 0.6 is 27.7 Å². The molecule has 0 amide bonds. The first-order valence-electron chi connectivity index (χ1n) is 5.58. The van der Waals surface area contributed by atoms with E-state index < -0.39 is 17.7 Å². The molecule has 0 aliphatic rings. The van der Waals surface area contributed by atoms with Crippen LogP contribution in [0.15, 0.2) is 50.7 Å². The average Bonchev–Trinajstić information content (AvgIpc) is 2.33. The van der Waals surface area contributed by atoms with Gasteiger partial charge >= 0.3 is 0 Å². The number of benzene rings is 2. The van der Waals surface area contributed by atoms with Crippen molar-refractivity contribution in [3.8, 4) is 0 Å². The molecule has 0 saturated carbocycles. The SMILES string of the molecule is C[C@H](O)c1ccc(Sc2ccc(F)c(F)c2)cc1Br. The molecule has 0 spiro atoms. The molecule has 2 aromatic rings. The smallest absolute Gasteiger partial charge is 0.159 e. The fraction of sp³-hybridized carbons (Fsp3) is 0.143. The second kappa shape index (κ2) is 6.03. The van der Waals surface area contributed by atoms with Gasteiger partial charge in [0.25, 0.3) is 0 Å².